The first-order valence-corrected chi connectivity index (χ1v) is 9.41. The van der Waals surface area contributed by atoms with E-state index in [1.165, 1.54) is 12.1 Å². The van der Waals surface area contributed by atoms with Crippen LogP contribution in [-0.2, 0) is 0 Å². The molecule has 4 rings (SSSR count). The molecule has 1 aliphatic heterocycles. The van der Waals surface area contributed by atoms with Crippen molar-refractivity contribution in [3.8, 4) is 0 Å². The van der Waals surface area contributed by atoms with Crippen molar-refractivity contribution in [2.45, 2.75) is 13.8 Å². The monoisotopic (exact) mass is 404 g/mol. The third-order valence-electron chi connectivity index (χ3n) is 5.09. The number of fused-ring (bicyclic) bond motifs is 1. The minimum Gasteiger partial charge on any atom is -0.322 e. The van der Waals surface area contributed by atoms with Crippen molar-refractivity contribution in [2.75, 3.05) is 10.2 Å². The molecule has 144 valence electrons. The van der Waals surface area contributed by atoms with Crippen molar-refractivity contribution in [1.82, 2.24) is 0 Å². The number of hydrogen-bond donors (Lipinski definition) is 1. The van der Waals surface area contributed by atoms with Gasteiger partial charge in [0.2, 0.25) is 0 Å². The third-order valence-corrected chi connectivity index (χ3v) is 5.41. The minimum atomic E-state index is -0.500. The quantitative estimate of drug-likeness (QED) is 0.624. The standard InChI is InChI=1S/C23H17ClN2O3/c1-13-6-5-8-19(14(13)2)25-21(27)15-10-11-16-17(12-15)23(29)26(22(16)28)20-9-4-3-7-18(20)24/h3-12H,1-2H3,(H,25,27). The normalized spacial score (nSPS) is 12.9. The molecule has 0 saturated carbocycles. The SMILES string of the molecule is Cc1cccc(NC(=O)c2ccc3c(c2)C(=O)N(c2ccccc2Cl)C3=O)c1C. The fourth-order valence-electron chi connectivity index (χ4n) is 3.31. The van der Waals surface area contributed by atoms with Crippen LogP contribution in [-0.4, -0.2) is 17.7 Å². The van der Waals surface area contributed by atoms with E-state index in [4.69, 9.17) is 11.6 Å². The Morgan fingerprint density at radius 2 is 1.62 bits per heavy atom. The van der Waals surface area contributed by atoms with Crippen molar-refractivity contribution in [1.29, 1.82) is 0 Å². The van der Waals surface area contributed by atoms with Gasteiger partial charge in [-0.15, -0.1) is 0 Å². The molecule has 0 bridgehead atoms. The molecular formula is C23H17ClN2O3. The predicted octanol–water partition coefficient (Wildman–Crippen LogP) is 5.01. The summed E-state index contributed by atoms with van der Waals surface area (Å²) in [6.45, 7) is 3.89. The summed E-state index contributed by atoms with van der Waals surface area (Å²) in [5.41, 5.74) is 3.79. The van der Waals surface area contributed by atoms with Gasteiger partial charge in [0.1, 0.15) is 0 Å². The second-order valence-electron chi connectivity index (χ2n) is 6.86. The van der Waals surface area contributed by atoms with Crippen LogP contribution >= 0.6 is 11.6 Å². The summed E-state index contributed by atoms with van der Waals surface area (Å²) in [4.78, 5) is 39.4. The van der Waals surface area contributed by atoms with E-state index in [0.717, 1.165) is 16.0 Å². The number of nitrogens with one attached hydrogen (secondary N) is 1. The molecule has 0 atom stereocenters. The maximum Gasteiger partial charge on any atom is 0.266 e. The minimum absolute atomic E-state index is 0.184. The van der Waals surface area contributed by atoms with Crippen molar-refractivity contribution in [2.24, 2.45) is 0 Å². The Hall–Kier alpha value is -3.44. The van der Waals surface area contributed by atoms with Gasteiger partial charge in [0.25, 0.3) is 17.7 Å². The van der Waals surface area contributed by atoms with Crippen LogP contribution in [0.5, 0.6) is 0 Å². The molecule has 0 saturated heterocycles. The molecule has 0 fully saturated rings. The van der Waals surface area contributed by atoms with E-state index in [9.17, 15) is 14.4 Å². The van der Waals surface area contributed by atoms with Crippen LogP contribution in [0.1, 0.15) is 42.2 Å². The average Bonchev–Trinajstić information content (AvgIpc) is 2.96. The lowest BCUT2D eigenvalue weighted by Gasteiger charge is -2.15. The topological polar surface area (TPSA) is 66.5 Å². The number of nitrogens with zero attached hydrogens (tertiary/aromatic N) is 1. The van der Waals surface area contributed by atoms with E-state index in [1.54, 1.807) is 30.3 Å². The lowest BCUT2D eigenvalue weighted by Crippen LogP contribution is -2.29. The van der Waals surface area contributed by atoms with Gasteiger partial charge in [-0.2, -0.15) is 0 Å². The molecule has 0 aliphatic carbocycles. The van der Waals surface area contributed by atoms with E-state index in [2.05, 4.69) is 5.32 Å². The van der Waals surface area contributed by atoms with Crippen molar-refractivity contribution >= 4 is 40.7 Å². The lowest BCUT2D eigenvalue weighted by atomic mass is 10.0. The Morgan fingerprint density at radius 3 is 2.38 bits per heavy atom. The van der Waals surface area contributed by atoms with Crippen LogP contribution in [0.2, 0.25) is 5.02 Å². The summed E-state index contributed by atoms with van der Waals surface area (Å²) in [6, 6.07) is 16.8. The van der Waals surface area contributed by atoms with Crippen molar-refractivity contribution in [3.63, 3.8) is 0 Å². The van der Waals surface area contributed by atoms with Gasteiger partial charge < -0.3 is 5.32 Å². The van der Waals surface area contributed by atoms with Gasteiger partial charge >= 0.3 is 0 Å². The zero-order valence-corrected chi connectivity index (χ0v) is 16.6. The van der Waals surface area contributed by atoms with Crippen LogP contribution in [0.4, 0.5) is 11.4 Å². The third kappa shape index (κ3) is 3.19. The predicted molar refractivity (Wildman–Crippen MR) is 113 cm³/mol. The average molecular weight is 405 g/mol. The highest BCUT2D eigenvalue weighted by molar-refractivity contribution is 6.40. The number of halogens is 1. The fraction of sp³-hybridized carbons (Fsp3) is 0.0870. The first-order chi connectivity index (χ1) is 13.9. The maximum atomic E-state index is 12.9. The first kappa shape index (κ1) is 18.9. The number of benzene rings is 3. The largest absolute Gasteiger partial charge is 0.322 e. The Kier molecular flexibility index (Phi) is 4.68. The van der Waals surface area contributed by atoms with E-state index in [-0.39, 0.29) is 17.0 Å². The Balaban J connectivity index is 1.66. The summed E-state index contributed by atoms with van der Waals surface area (Å²) in [7, 11) is 0. The lowest BCUT2D eigenvalue weighted by molar-refractivity contribution is 0.0925. The van der Waals surface area contributed by atoms with Crippen molar-refractivity contribution in [3.05, 3.63) is 93.5 Å². The van der Waals surface area contributed by atoms with Gasteiger partial charge in [0.15, 0.2) is 0 Å². The molecule has 5 nitrogen and oxygen atoms in total. The molecule has 0 unspecified atom stereocenters. The molecular weight excluding hydrogens is 388 g/mol. The highest BCUT2D eigenvalue weighted by Crippen LogP contribution is 2.33. The molecule has 3 amide bonds. The molecule has 0 spiro atoms. The van der Waals surface area contributed by atoms with Gasteiger partial charge in [0, 0.05) is 11.3 Å². The zero-order chi connectivity index (χ0) is 20.7. The molecule has 1 aliphatic rings. The van der Waals surface area contributed by atoms with E-state index in [1.807, 2.05) is 32.0 Å². The number of carbonyl (C=O) groups excluding carboxylic acids is 3. The Morgan fingerprint density at radius 1 is 0.897 bits per heavy atom. The summed E-state index contributed by atoms with van der Waals surface area (Å²) in [5.74, 6) is -1.31. The zero-order valence-electron chi connectivity index (χ0n) is 15.8. The number of aryl methyl sites for hydroxylation is 1. The molecule has 6 heteroatoms. The van der Waals surface area contributed by atoms with E-state index < -0.39 is 11.8 Å². The van der Waals surface area contributed by atoms with Crippen LogP contribution in [0.15, 0.2) is 60.7 Å². The van der Waals surface area contributed by atoms with Gasteiger partial charge in [-0.1, -0.05) is 35.9 Å². The van der Waals surface area contributed by atoms with E-state index in [0.29, 0.717) is 22.0 Å². The molecule has 3 aromatic carbocycles. The number of para-hydroxylation sites is 1. The molecule has 1 heterocycles. The second-order valence-corrected chi connectivity index (χ2v) is 7.27. The van der Waals surface area contributed by atoms with E-state index >= 15 is 0 Å². The molecule has 0 aromatic heterocycles. The molecule has 29 heavy (non-hydrogen) atoms. The smallest absolute Gasteiger partial charge is 0.266 e. The van der Waals surface area contributed by atoms with Gasteiger partial charge in [-0.3, -0.25) is 14.4 Å². The Bertz CT molecular complexity index is 1190. The highest BCUT2D eigenvalue weighted by atomic mass is 35.5. The van der Waals surface area contributed by atoms with Gasteiger partial charge in [-0.05, 0) is 61.4 Å². The Labute approximate surface area is 172 Å². The summed E-state index contributed by atoms with van der Waals surface area (Å²) < 4.78 is 0. The van der Waals surface area contributed by atoms with Crippen LogP contribution < -0.4 is 10.2 Å². The second kappa shape index (κ2) is 7.18. The van der Waals surface area contributed by atoms with Gasteiger partial charge in [-0.25, -0.2) is 4.90 Å². The van der Waals surface area contributed by atoms with Crippen LogP contribution in [0.25, 0.3) is 0 Å². The maximum absolute atomic E-state index is 12.9. The fourth-order valence-corrected chi connectivity index (χ4v) is 3.54. The number of carbonyl (C=O) groups is 3. The highest BCUT2D eigenvalue weighted by Gasteiger charge is 2.38. The number of amides is 3. The van der Waals surface area contributed by atoms with Crippen LogP contribution in [0.3, 0.4) is 0 Å². The summed E-state index contributed by atoms with van der Waals surface area (Å²) in [5, 5.41) is 3.17. The molecule has 1 N–H and O–H groups in total. The molecule has 0 radical (unpaired) electrons. The van der Waals surface area contributed by atoms with Crippen molar-refractivity contribution < 1.29 is 14.4 Å². The first-order valence-electron chi connectivity index (χ1n) is 9.03. The number of rotatable bonds is 3. The number of hydrogen-bond acceptors (Lipinski definition) is 3. The number of imide groups is 1. The summed E-state index contributed by atoms with van der Waals surface area (Å²) in [6.07, 6.45) is 0. The number of anilines is 2. The van der Waals surface area contributed by atoms with Gasteiger partial charge in [0.05, 0.1) is 21.8 Å². The van der Waals surface area contributed by atoms with Crippen LogP contribution in [0, 0.1) is 13.8 Å². The molecule has 3 aromatic rings. The summed E-state index contributed by atoms with van der Waals surface area (Å²) >= 11 is 6.17.